The molecule has 0 aromatic carbocycles. The lowest BCUT2D eigenvalue weighted by atomic mass is 9.99. The van der Waals surface area contributed by atoms with Crippen LogP contribution in [0.15, 0.2) is 9.21 Å². The van der Waals surface area contributed by atoms with Gasteiger partial charge in [0.1, 0.15) is 5.78 Å². The van der Waals surface area contributed by atoms with Gasteiger partial charge >= 0.3 is 0 Å². The molecule has 0 N–H and O–H groups in total. The molecule has 0 amide bonds. The molecule has 0 saturated carbocycles. The zero-order valence-electron chi connectivity index (χ0n) is 8.21. The van der Waals surface area contributed by atoms with Crippen LogP contribution in [0.1, 0.15) is 27.2 Å². The minimum Gasteiger partial charge on any atom is -0.300 e. The normalized spacial score (nSPS) is 11.8. The van der Waals surface area contributed by atoms with Gasteiger partial charge in [0.15, 0.2) is 9.21 Å². The molecule has 6 heteroatoms. The van der Waals surface area contributed by atoms with Crippen LogP contribution in [0.4, 0.5) is 0 Å². The lowest BCUT2D eigenvalue weighted by molar-refractivity contribution is -0.118. The third-order valence-corrected chi connectivity index (χ3v) is 3.36. The van der Waals surface area contributed by atoms with Gasteiger partial charge in [-0.15, -0.1) is 10.2 Å². The Bertz CT molecular complexity index is 340. The van der Waals surface area contributed by atoms with Crippen molar-refractivity contribution in [3.63, 3.8) is 0 Å². The van der Waals surface area contributed by atoms with Crippen LogP contribution in [-0.2, 0) is 10.3 Å². The number of carbonyl (C=O) groups is 1. The first-order valence-electron chi connectivity index (χ1n) is 4.11. The van der Waals surface area contributed by atoms with Crippen molar-refractivity contribution in [2.24, 2.45) is 0 Å². The summed E-state index contributed by atoms with van der Waals surface area (Å²) in [5.41, 5.74) is -0.389. The topological polar surface area (TPSA) is 47.8 Å². The Morgan fingerprint density at radius 2 is 1.79 bits per heavy atom. The monoisotopic (exact) mass is 323 g/mol. The Morgan fingerprint density at radius 1 is 1.36 bits per heavy atom. The van der Waals surface area contributed by atoms with E-state index in [4.69, 9.17) is 0 Å². The second kappa shape index (κ2) is 4.10. The first kappa shape index (κ1) is 11.8. The van der Waals surface area contributed by atoms with Crippen molar-refractivity contribution in [3.8, 4) is 0 Å². The second-order valence-electron chi connectivity index (χ2n) is 3.76. The van der Waals surface area contributed by atoms with Crippen molar-refractivity contribution in [2.75, 3.05) is 0 Å². The predicted molar refractivity (Wildman–Crippen MR) is 60.0 cm³/mol. The van der Waals surface area contributed by atoms with E-state index in [-0.39, 0.29) is 11.3 Å². The number of halogens is 2. The number of aromatic nitrogens is 3. The fraction of sp³-hybridized carbons (Fsp3) is 0.625. The van der Waals surface area contributed by atoms with Crippen molar-refractivity contribution in [1.82, 2.24) is 15.0 Å². The summed E-state index contributed by atoms with van der Waals surface area (Å²) in [5, 5.41) is 8.32. The lowest BCUT2D eigenvalue weighted by Gasteiger charge is -2.21. The van der Waals surface area contributed by atoms with E-state index in [9.17, 15) is 4.79 Å². The van der Waals surface area contributed by atoms with E-state index in [1.54, 1.807) is 11.7 Å². The maximum absolute atomic E-state index is 11.0. The Balaban J connectivity index is 2.97. The molecule has 0 aliphatic carbocycles. The first-order chi connectivity index (χ1) is 6.33. The van der Waals surface area contributed by atoms with Gasteiger partial charge in [-0.05, 0) is 52.6 Å². The van der Waals surface area contributed by atoms with Crippen molar-refractivity contribution < 1.29 is 4.79 Å². The van der Waals surface area contributed by atoms with Gasteiger partial charge in [-0.25, -0.2) is 0 Å². The van der Waals surface area contributed by atoms with Crippen molar-refractivity contribution in [1.29, 1.82) is 0 Å². The number of rotatable bonds is 3. The third kappa shape index (κ3) is 2.63. The molecule has 4 nitrogen and oxygen atoms in total. The van der Waals surface area contributed by atoms with E-state index < -0.39 is 0 Å². The zero-order chi connectivity index (χ0) is 10.9. The highest BCUT2D eigenvalue weighted by Crippen LogP contribution is 2.23. The van der Waals surface area contributed by atoms with E-state index >= 15 is 0 Å². The molecular weight excluding hydrogens is 314 g/mol. The number of hydrogen-bond acceptors (Lipinski definition) is 3. The smallest absolute Gasteiger partial charge is 0.162 e. The average Bonchev–Trinajstić information content (AvgIpc) is 2.30. The van der Waals surface area contributed by atoms with Crippen LogP contribution >= 0.6 is 31.9 Å². The van der Waals surface area contributed by atoms with Gasteiger partial charge in [-0.1, -0.05) is 0 Å². The van der Waals surface area contributed by atoms with Gasteiger partial charge in [0, 0.05) is 6.42 Å². The quantitative estimate of drug-likeness (QED) is 0.858. The Morgan fingerprint density at radius 3 is 2.14 bits per heavy atom. The van der Waals surface area contributed by atoms with Crippen LogP contribution in [-0.4, -0.2) is 20.8 Å². The summed E-state index contributed by atoms with van der Waals surface area (Å²) in [6.45, 7) is 5.41. The second-order valence-corrected chi connectivity index (χ2v) is 5.26. The molecule has 0 aliphatic heterocycles. The fourth-order valence-corrected chi connectivity index (χ4v) is 1.68. The summed E-state index contributed by atoms with van der Waals surface area (Å²) >= 11 is 6.50. The third-order valence-electron chi connectivity index (χ3n) is 1.76. The van der Waals surface area contributed by atoms with E-state index in [1.165, 1.54) is 0 Å². The number of Topliss-reactive ketones (excluding diaryl/α,β-unsaturated/α-hetero) is 1. The predicted octanol–water partition coefficient (Wildman–Crippen LogP) is 2.52. The van der Waals surface area contributed by atoms with Crippen molar-refractivity contribution >= 4 is 37.6 Å². The summed E-state index contributed by atoms with van der Waals surface area (Å²) in [7, 11) is 0. The molecule has 0 aliphatic rings. The van der Waals surface area contributed by atoms with Crippen LogP contribution in [0.5, 0.6) is 0 Å². The van der Waals surface area contributed by atoms with Gasteiger partial charge in [0.25, 0.3) is 0 Å². The molecule has 78 valence electrons. The molecule has 0 fully saturated rings. The molecule has 0 bridgehead atoms. The Kier molecular flexibility index (Phi) is 3.47. The minimum atomic E-state index is -0.389. The molecule has 1 rings (SSSR count). The summed E-state index contributed by atoms with van der Waals surface area (Å²) < 4.78 is 1.29. The molecule has 0 atom stereocenters. The van der Waals surface area contributed by atoms with Crippen molar-refractivity contribution in [3.05, 3.63) is 9.21 Å². The summed E-state index contributed by atoms with van der Waals surface area (Å²) in [5.74, 6) is 0.125. The van der Waals surface area contributed by atoms with E-state index in [0.717, 1.165) is 0 Å². The Hall–Kier alpha value is -0.230. The number of ketones is 1. The molecular formula is C8H11Br2N3O. The van der Waals surface area contributed by atoms with Gasteiger partial charge in [0.2, 0.25) is 0 Å². The zero-order valence-corrected chi connectivity index (χ0v) is 11.4. The van der Waals surface area contributed by atoms with E-state index in [2.05, 4.69) is 42.1 Å². The molecule has 14 heavy (non-hydrogen) atoms. The van der Waals surface area contributed by atoms with Gasteiger partial charge in [-0.3, -0.25) is 4.79 Å². The highest BCUT2D eigenvalue weighted by atomic mass is 79.9. The molecule has 0 saturated heterocycles. The number of nitrogens with zero attached hydrogens (tertiary/aromatic N) is 3. The maximum Gasteiger partial charge on any atom is 0.162 e. The van der Waals surface area contributed by atoms with E-state index in [0.29, 0.717) is 15.6 Å². The van der Waals surface area contributed by atoms with Crippen LogP contribution in [0.2, 0.25) is 0 Å². The largest absolute Gasteiger partial charge is 0.300 e. The lowest BCUT2D eigenvalue weighted by Crippen LogP contribution is -2.31. The standard InChI is InChI=1S/C8H11Br2N3O/c1-5(14)4-8(2,3)13-11-6(9)7(10)12-13/h4H2,1-3H3. The highest BCUT2D eigenvalue weighted by molar-refractivity contribution is 9.13. The van der Waals surface area contributed by atoms with Gasteiger partial charge in [0.05, 0.1) is 5.54 Å². The van der Waals surface area contributed by atoms with Crippen LogP contribution in [0, 0.1) is 0 Å². The van der Waals surface area contributed by atoms with E-state index in [1.807, 2.05) is 13.8 Å². The summed E-state index contributed by atoms with van der Waals surface area (Å²) in [6.07, 6.45) is 0.417. The Labute approximate surface area is 99.3 Å². The number of carbonyl (C=O) groups excluding carboxylic acids is 1. The van der Waals surface area contributed by atoms with Crippen molar-refractivity contribution in [2.45, 2.75) is 32.7 Å². The fourth-order valence-electron chi connectivity index (χ4n) is 1.22. The summed E-state index contributed by atoms with van der Waals surface area (Å²) in [4.78, 5) is 12.6. The van der Waals surface area contributed by atoms with Gasteiger partial charge < -0.3 is 0 Å². The highest BCUT2D eigenvalue weighted by Gasteiger charge is 2.25. The molecule has 1 aromatic heterocycles. The molecule has 1 aromatic rings. The summed E-state index contributed by atoms with van der Waals surface area (Å²) in [6, 6.07) is 0. The maximum atomic E-state index is 11.0. The van der Waals surface area contributed by atoms with Crippen LogP contribution in [0.3, 0.4) is 0 Å². The molecule has 0 radical (unpaired) electrons. The average molecular weight is 325 g/mol. The molecule has 1 heterocycles. The van der Waals surface area contributed by atoms with Gasteiger partial charge in [-0.2, -0.15) is 4.80 Å². The minimum absolute atomic E-state index is 0.125. The van der Waals surface area contributed by atoms with Crippen LogP contribution < -0.4 is 0 Å². The van der Waals surface area contributed by atoms with Crippen LogP contribution in [0.25, 0.3) is 0 Å². The molecule has 0 spiro atoms. The molecule has 0 unspecified atom stereocenters. The number of hydrogen-bond donors (Lipinski definition) is 0. The SMILES string of the molecule is CC(=O)CC(C)(C)n1nc(Br)c(Br)n1. The first-order valence-corrected chi connectivity index (χ1v) is 5.70.